The number of carbonyl (C=O) groups is 1. The van der Waals surface area contributed by atoms with Crippen LogP contribution in [0.25, 0.3) is 28.1 Å². The van der Waals surface area contributed by atoms with Crippen molar-refractivity contribution in [2.75, 3.05) is 5.75 Å². The first kappa shape index (κ1) is 22.9. The monoisotopic (exact) mass is 482 g/mol. The summed E-state index contributed by atoms with van der Waals surface area (Å²) in [5.41, 5.74) is 3.85. The molecule has 8 heteroatoms. The predicted octanol–water partition coefficient (Wildman–Crippen LogP) is 5.04. The average molecular weight is 483 g/mol. The summed E-state index contributed by atoms with van der Waals surface area (Å²) in [6.07, 6.45) is 1.82. The molecule has 3 aromatic carbocycles. The Hall–Kier alpha value is -3.91. The van der Waals surface area contributed by atoms with Crippen molar-refractivity contribution in [2.45, 2.75) is 31.0 Å². The third-order valence-electron chi connectivity index (χ3n) is 5.78. The number of nitrogens with one attached hydrogen (secondary N) is 2. The molecule has 1 atom stereocenters. The normalized spacial score (nSPS) is 12.0. The van der Waals surface area contributed by atoms with E-state index >= 15 is 0 Å². The second-order valence-corrected chi connectivity index (χ2v) is 9.32. The fourth-order valence-corrected chi connectivity index (χ4v) is 4.77. The summed E-state index contributed by atoms with van der Waals surface area (Å²) in [4.78, 5) is 12.7. The minimum atomic E-state index is -0.0232. The highest BCUT2D eigenvalue weighted by Gasteiger charge is 2.21. The molecule has 2 aromatic heterocycles. The number of fused-ring (bicyclic) bond motifs is 1. The molecule has 1 amide bonds. The lowest BCUT2D eigenvalue weighted by atomic mass is 10.1. The first-order chi connectivity index (χ1) is 17.2. The van der Waals surface area contributed by atoms with E-state index in [0.717, 1.165) is 35.1 Å². The van der Waals surface area contributed by atoms with Crippen molar-refractivity contribution in [3.8, 4) is 17.2 Å². The van der Waals surface area contributed by atoms with E-state index < -0.39 is 0 Å². The number of aromatic amines is 1. The third kappa shape index (κ3) is 5.27. The zero-order chi connectivity index (χ0) is 24.0. The molecular weight excluding hydrogens is 456 g/mol. The van der Waals surface area contributed by atoms with Crippen molar-refractivity contribution in [1.82, 2.24) is 30.3 Å². The van der Waals surface area contributed by atoms with Gasteiger partial charge in [-0.05, 0) is 43.5 Å². The number of carbonyl (C=O) groups excluding carboxylic acids is 1. The van der Waals surface area contributed by atoms with Crippen LogP contribution >= 0.6 is 11.8 Å². The van der Waals surface area contributed by atoms with Crippen LogP contribution in [-0.2, 0) is 11.2 Å². The van der Waals surface area contributed by atoms with E-state index in [0.29, 0.717) is 11.0 Å². The molecular formula is C27H26N6OS. The van der Waals surface area contributed by atoms with E-state index in [-0.39, 0.29) is 17.7 Å². The third-order valence-corrected chi connectivity index (χ3v) is 6.71. The minimum Gasteiger partial charge on any atom is -0.353 e. The molecule has 5 rings (SSSR count). The summed E-state index contributed by atoms with van der Waals surface area (Å²) >= 11 is 1.37. The molecule has 2 N–H and O–H groups in total. The SMILES string of the molecule is C[C@@H](CCc1ccccc1)NC(=O)CSc1nnc(-c2n[nH]c3ccccc23)n1-c1ccccc1. The van der Waals surface area contributed by atoms with E-state index in [4.69, 9.17) is 0 Å². The molecule has 0 fully saturated rings. The van der Waals surface area contributed by atoms with Crippen LogP contribution in [0.1, 0.15) is 18.9 Å². The van der Waals surface area contributed by atoms with Crippen LogP contribution in [0.15, 0.2) is 90.1 Å². The van der Waals surface area contributed by atoms with Gasteiger partial charge >= 0.3 is 0 Å². The maximum atomic E-state index is 12.7. The van der Waals surface area contributed by atoms with Crippen molar-refractivity contribution < 1.29 is 4.79 Å². The number of hydrogen-bond donors (Lipinski definition) is 2. The zero-order valence-corrected chi connectivity index (χ0v) is 20.2. The van der Waals surface area contributed by atoms with Gasteiger partial charge in [-0.2, -0.15) is 5.10 Å². The zero-order valence-electron chi connectivity index (χ0n) is 19.4. The highest BCUT2D eigenvalue weighted by molar-refractivity contribution is 7.99. The van der Waals surface area contributed by atoms with E-state index in [9.17, 15) is 4.79 Å². The summed E-state index contributed by atoms with van der Waals surface area (Å²) in [5, 5.41) is 21.2. The second kappa shape index (κ2) is 10.6. The molecule has 5 aromatic rings. The van der Waals surface area contributed by atoms with Gasteiger partial charge in [-0.3, -0.25) is 14.5 Å². The number of benzene rings is 3. The number of hydrogen-bond acceptors (Lipinski definition) is 5. The summed E-state index contributed by atoms with van der Waals surface area (Å²) in [5.74, 6) is 0.861. The lowest BCUT2D eigenvalue weighted by Crippen LogP contribution is -2.34. The molecule has 7 nitrogen and oxygen atoms in total. The number of amides is 1. The van der Waals surface area contributed by atoms with Crippen molar-refractivity contribution in [3.63, 3.8) is 0 Å². The van der Waals surface area contributed by atoms with Crippen molar-refractivity contribution in [3.05, 3.63) is 90.5 Å². The van der Waals surface area contributed by atoms with Crippen molar-refractivity contribution >= 4 is 28.6 Å². The van der Waals surface area contributed by atoms with Crippen LogP contribution in [0.2, 0.25) is 0 Å². The lowest BCUT2D eigenvalue weighted by Gasteiger charge is -2.14. The Bertz CT molecular complexity index is 1410. The van der Waals surface area contributed by atoms with Crippen LogP contribution < -0.4 is 5.32 Å². The molecule has 0 bridgehead atoms. The molecule has 0 aliphatic rings. The van der Waals surface area contributed by atoms with Gasteiger partial charge in [-0.25, -0.2) is 0 Å². The molecule has 0 spiro atoms. The molecule has 0 aliphatic carbocycles. The smallest absolute Gasteiger partial charge is 0.230 e. The number of para-hydroxylation sites is 2. The summed E-state index contributed by atoms with van der Waals surface area (Å²) < 4.78 is 1.96. The van der Waals surface area contributed by atoms with E-state index in [1.165, 1.54) is 17.3 Å². The Morgan fingerprint density at radius 2 is 1.69 bits per heavy atom. The molecule has 176 valence electrons. The summed E-state index contributed by atoms with van der Waals surface area (Å²) in [6.45, 7) is 2.04. The Morgan fingerprint density at radius 1 is 0.971 bits per heavy atom. The maximum Gasteiger partial charge on any atom is 0.230 e. The largest absolute Gasteiger partial charge is 0.353 e. The molecule has 2 heterocycles. The van der Waals surface area contributed by atoms with Crippen molar-refractivity contribution in [1.29, 1.82) is 0 Å². The van der Waals surface area contributed by atoms with Gasteiger partial charge in [0.05, 0.1) is 11.3 Å². The first-order valence-electron chi connectivity index (χ1n) is 11.6. The topological polar surface area (TPSA) is 88.5 Å². The van der Waals surface area contributed by atoms with Gasteiger partial charge in [0, 0.05) is 17.1 Å². The Kier molecular flexibility index (Phi) is 6.90. The van der Waals surface area contributed by atoms with Crippen LogP contribution in [0.5, 0.6) is 0 Å². The lowest BCUT2D eigenvalue weighted by molar-refractivity contribution is -0.119. The number of aryl methyl sites for hydroxylation is 1. The van der Waals surface area contributed by atoms with Crippen LogP contribution in [0.3, 0.4) is 0 Å². The van der Waals surface area contributed by atoms with Crippen LogP contribution in [-0.4, -0.2) is 42.7 Å². The Morgan fingerprint density at radius 3 is 2.49 bits per heavy atom. The van der Waals surface area contributed by atoms with Gasteiger partial charge in [0.2, 0.25) is 5.91 Å². The molecule has 35 heavy (non-hydrogen) atoms. The molecule has 0 aliphatic heterocycles. The number of nitrogens with zero attached hydrogens (tertiary/aromatic N) is 4. The molecule has 0 saturated heterocycles. The molecule has 0 radical (unpaired) electrons. The van der Waals surface area contributed by atoms with Crippen LogP contribution in [0.4, 0.5) is 0 Å². The highest BCUT2D eigenvalue weighted by atomic mass is 32.2. The Labute approximate surface area is 208 Å². The predicted molar refractivity (Wildman–Crippen MR) is 140 cm³/mol. The molecule has 0 saturated carbocycles. The second-order valence-electron chi connectivity index (χ2n) is 8.38. The van der Waals surface area contributed by atoms with Gasteiger partial charge < -0.3 is 5.32 Å². The minimum absolute atomic E-state index is 0.0232. The van der Waals surface area contributed by atoms with Crippen molar-refractivity contribution in [2.24, 2.45) is 0 Å². The standard InChI is InChI=1S/C27H26N6OS/c1-19(16-17-20-10-4-2-5-11-20)28-24(34)18-35-27-32-31-26(33(27)21-12-6-3-7-13-21)25-22-14-8-9-15-23(22)29-30-25/h2-15,19H,16-18H2,1H3,(H,28,34)(H,29,30)/t19-/m0/s1. The summed E-state index contributed by atoms with van der Waals surface area (Å²) in [6, 6.07) is 28.2. The first-order valence-corrected chi connectivity index (χ1v) is 12.6. The van der Waals surface area contributed by atoms with Gasteiger partial charge in [0.25, 0.3) is 0 Å². The van der Waals surface area contributed by atoms with E-state index in [1.54, 1.807) is 0 Å². The number of rotatable bonds is 9. The van der Waals surface area contributed by atoms with E-state index in [1.807, 2.05) is 84.3 Å². The highest BCUT2D eigenvalue weighted by Crippen LogP contribution is 2.30. The van der Waals surface area contributed by atoms with E-state index in [2.05, 4.69) is 37.8 Å². The fourth-order valence-electron chi connectivity index (χ4n) is 4.01. The number of H-pyrrole nitrogens is 1. The summed E-state index contributed by atoms with van der Waals surface area (Å²) in [7, 11) is 0. The maximum absolute atomic E-state index is 12.7. The fraction of sp³-hybridized carbons (Fsp3) is 0.185. The van der Waals surface area contributed by atoms with Gasteiger partial charge in [0.1, 0.15) is 5.69 Å². The van der Waals surface area contributed by atoms with Gasteiger partial charge in [-0.1, -0.05) is 78.5 Å². The van der Waals surface area contributed by atoms with Crippen LogP contribution in [0, 0.1) is 0 Å². The Balaban J connectivity index is 1.31. The van der Waals surface area contributed by atoms with Gasteiger partial charge in [0.15, 0.2) is 11.0 Å². The average Bonchev–Trinajstić information content (AvgIpc) is 3.51. The molecule has 0 unspecified atom stereocenters. The van der Waals surface area contributed by atoms with Gasteiger partial charge in [-0.15, -0.1) is 10.2 Å². The quantitative estimate of drug-likeness (QED) is 0.287. The number of thioether (sulfide) groups is 1. The number of aromatic nitrogens is 5.